The normalized spacial score (nSPS) is 12.8. The van der Waals surface area contributed by atoms with Crippen molar-refractivity contribution < 1.29 is 42.9 Å². The summed E-state index contributed by atoms with van der Waals surface area (Å²) in [6.07, 6.45) is 75.8. The highest BCUT2D eigenvalue weighted by atomic mass is 16.7. The van der Waals surface area contributed by atoms with E-state index in [1.165, 1.54) is 276 Å². The van der Waals surface area contributed by atoms with Gasteiger partial charge in [-0.05, 0) is 44.9 Å². The first-order chi connectivity index (χ1) is 39.6. The van der Waals surface area contributed by atoms with Gasteiger partial charge in [0.05, 0.1) is 40.3 Å². The molecule has 0 aromatic rings. The molecule has 2 unspecified atom stereocenters. The van der Waals surface area contributed by atoms with Gasteiger partial charge in [0.25, 0.3) is 0 Å². The molecule has 0 amide bonds. The van der Waals surface area contributed by atoms with Crippen LogP contribution in [0.3, 0.4) is 0 Å². The van der Waals surface area contributed by atoms with Crippen molar-refractivity contribution in [3.63, 3.8) is 0 Å². The molecule has 0 N–H and O–H groups in total. The molecule has 0 saturated heterocycles. The first-order valence-corrected chi connectivity index (χ1v) is 35.5. The number of hydrogen-bond donors (Lipinski definition) is 0. The van der Waals surface area contributed by atoms with E-state index in [1.54, 1.807) is 0 Å². The maximum Gasteiger partial charge on any atom is 0.306 e. The number of esters is 2. The fourth-order valence-corrected chi connectivity index (χ4v) is 10.7. The molecular formula is C72H137NO8. The van der Waals surface area contributed by atoms with Crippen LogP contribution in [0.2, 0.25) is 0 Å². The quantitative estimate of drug-likeness (QED) is 0.0195. The van der Waals surface area contributed by atoms with Gasteiger partial charge < -0.3 is 33.3 Å². The first-order valence-electron chi connectivity index (χ1n) is 35.5. The predicted molar refractivity (Wildman–Crippen MR) is 343 cm³/mol. The van der Waals surface area contributed by atoms with Gasteiger partial charge in [0.15, 0.2) is 12.4 Å². The van der Waals surface area contributed by atoms with Crippen molar-refractivity contribution in [2.24, 2.45) is 0 Å². The summed E-state index contributed by atoms with van der Waals surface area (Å²) in [4.78, 5) is 37.4. The number of allylic oxidation sites excluding steroid dienone is 4. The van der Waals surface area contributed by atoms with E-state index in [9.17, 15) is 19.5 Å². The van der Waals surface area contributed by atoms with Gasteiger partial charge in [-0.2, -0.15) is 0 Å². The molecule has 0 radical (unpaired) electrons. The minimum atomic E-state index is -1.62. The molecule has 0 saturated carbocycles. The second-order valence-electron chi connectivity index (χ2n) is 25.5. The molecule has 0 aromatic carbocycles. The second-order valence-corrected chi connectivity index (χ2v) is 25.5. The average molecular weight is 1140 g/mol. The zero-order valence-electron chi connectivity index (χ0n) is 54.7. The molecule has 0 spiro atoms. The maximum atomic E-state index is 12.9. The monoisotopic (exact) mass is 1140 g/mol. The van der Waals surface area contributed by atoms with Crippen molar-refractivity contribution in [3.8, 4) is 0 Å². The first kappa shape index (κ1) is 78.8. The largest absolute Gasteiger partial charge is 0.545 e. The van der Waals surface area contributed by atoms with E-state index in [1.807, 2.05) is 21.1 Å². The van der Waals surface area contributed by atoms with Gasteiger partial charge in [0.2, 0.25) is 0 Å². The van der Waals surface area contributed by atoms with Crippen LogP contribution in [0.15, 0.2) is 24.3 Å². The second kappa shape index (κ2) is 63.8. The van der Waals surface area contributed by atoms with Crippen molar-refractivity contribution in [1.29, 1.82) is 0 Å². The molecular weight excluding hydrogens is 1010 g/mol. The van der Waals surface area contributed by atoms with Crippen LogP contribution >= 0.6 is 0 Å². The summed E-state index contributed by atoms with van der Waals surface area (Å²) in [5.74, 6) is -2.27. The Morgan fingerprint density at radius 1 is 0.370 bits per heavy atom. The van der Waals surface area contributed by atoms with Crippen LogP contribution in [0.5, 0.6) is 0 Å². The van der Waals surface area contributed by atoms with Gasteiger partial charge in [0.1, 0.15) is 13.2 Å². The maximum absolute atomic E-state index is 12.9. The van der Waals surface area contributed by atoms with Crippen LogP contribution in [-0.4, -0.2) is 82.3 Å². The predicted octanol–water partition coefficient (Wildman–Crippen LogP) is 20.5. The summed E-state index contributed by atoms with van der Waals surface area (Å²) in [7, 11) is 5.93. The van der Waals surface area contributed by atoms with E-state index in [2.05, 4.69) is 38.2 Å². The van der Waals surface area contributed by atoms with Gasteiger partial charge in [0, 0.05) is 12.8 Å². The fraction of sp³-hybridized carbons (Fsp3) is 0.903. The number of aliphatic carboxylic acids is 1. The van der Waals surface area contributed by atoms with Gasteiger partial charge in [-0.15, -0.1) is 0 Å². The number of nitrogens with zero attached hydrogens (tertiary/aromatic N) is 1. The van der Waals surface area contributed by atoms with Gasteiger partial charge in [-0.25, -0.2) is 0 Å². The Balaban J connectivity index is 3.93. The lowest BCUT2D eigenvalue weighted by Crippen LogP contribution is -2.44. The number of ether oxygens (including phenoxy) is 4. The number of quaternary nitrogens is 1. The van der Waals surface area contributed by atoms with Crippen LogP contribution in [0, 0.1) is 0 Å². The zero-order chi connectivity index (χ0) is 59.1. The Morgan fingerprint density at radius 2 is 0.667 bits per heavy atom. The fourth-order valence-electron chi connectivity index (χ4n) is 10.7. The van der Waals surface area contributed by atoms with E-state index < -0.39 is 24.3 Å². The van der Waals surface area contributed by atoms with E-state index in [0.29, 0.717) is 23.9 Å². The van der Waals surface area contributed by atoms with Gasteiger partial charge >= 0.3 is 11.9 Å². The summed E-state index contributed by atoms with van der Waals surface area (Å²) < 4.78 is 22.8. The number of carbonyl (C=O) groups is 3. The summed E-state index contributed by atoms with van der Waals surface area (Å²) in [6.45, 7) is 4.78. The number of hydrogen-bond acceptors (Lipinski definition) is 8. The van der Waals surface area contributed by atoms with Crippen molar-refractivity contribution in [1.82, 2.24) is 0 Å². The summed E-state index contributed by atoms with van der Waals surface area (Å²) >= 11 is 0. The van der Waals surface area contributed by atoms with Crippen LogP contribution in [0.25, 0.3) is 0 Å². The van der Waals surface area contributed by atoms with Crippen molar-refractivity contribution in [3.05, 3.63) is 24.3 Å². The Morgan fingerprint density at radius 3 is 0.988 bits per heavy atom. The topological polar surface area (TPSA) is 111 Å². The highest BCUT2D eigenvalue weighted by Crippen LogP contribution is 2.19. The third-order valence-electron chi connectivity index (χ3n) is 16.2. The Kier molecular flexibility index (Phi) is 62.0. The Hall–Kier alpha value is -2.23. The zero-order valence-corrected chi connectivity index (χ0v) is 54.7. The van der Waals surface area contributed by atoms with Crippen LogP contribution in [0.1, 0.15) is 361 Å². The van der Waals surface area contributed by atoms with Crippen LogP contribution < -0.4 is 5.11 Å². The number of unbranched alkanes of at least 4 members (excludes halogenated alkanes) is 48. The number of rotatable bonds is 67. The molecule has 9 heteroatoms. The third kappa shape index (κ3) is 65.2. The number of carboxylic acids is 1. The van der Waals surface area contributed by atoms with E-state index in [4.69, 9.17) is 18.9 Å². The molecule has 0 aromatic heterocycles. The highest BCUT2D eigenvalue weighted by Gasteiger charge is 2.22. The molecule has 0 aliphatic heterocycles. The third-order valence-corrected chi connectivity index (χ3v) is 16.2. The van der Waals surface area contributed by atoms with Crippen molar-refractivity contribution in [2.75, 3.05) is 47.5 Å². The summed E-state index contributed by atoms with van der Waals surface area (Å²) in [5.41, 5.74) is 0. The van der Waals surface area contributed by atoms with Crippen molar-refractivity contribution in [2.45, 2.75) is 373 Å². The summed E-state index contributed by atoms with van der Waals surface area (Å²) in [6, 6.07) is 0. The lowest BCUT2D eigenvalue weighted by molar-refractivity contribution is -0.870. The molecule has 0 heterocycles. The molecule has 478 valence electrons. The highest BCUT2D eigenvalue weighted by molar-refractivity contribution is 5.70. The van der Waals surface area contributed by atoms with Crippen LogP contribution in [0.4, 0.5) is 0 Å². The molecule has 2 atom stereocenters. The van der Waals surface area contributed by atoms with E-state index >= 15 is 0 Å². The Bertz CT molecular complexity index is 1380. The Labute approximate surface area is 503 Å². The van der Waals surface area contributed by atoms with Crippen molar-refractivity contribution >= 4 is 17.9 Å². The molecule has 0 fully saturated rings. The van der Waals surface area contributed by atoms with E-state index in [0.717, 1.165) is 51.4 Å². The standard InChI is InChI=1S/C72H137NO8/c1-6-8-10-12-14-16-18-20-22-24-26-27-28-29-30-31-32-33-34-35-36-37-38-39-40-41-42-43-44-45-47-48-50-52-54-56-58-60-62-69(74)79-66-68(67-80-72(71(76)77)78-65-64-73(3,4)5)81-70(75)63-61-59-57-55-53-51-49-46-25-23-21-19-17-15-13-11-9-7-2/h17,19,23,25,68,72H,6-16,18,20-22,24,26-67H2,1-5H3/b19-17-,25-23-. The SMILES string of the molecule is CCCCCC/C=C\C/C=C\CCCCCCCCCC(=O)OC(COC(=O)CCCCCCCCCCCCCCCCCCCCCCCCCCCCCCCCCCCCCCCC)COC(OCC[N+](C)(C)C)C(=O)[O-]. The molecule has 0 aliphatic rings. The van der Waals surface area contributed by atoms with Crippen LogP contribution in [-0.2, 0) is 33.3 Å². The average Bonchev–Trinajstić information content (AvgIpc) is 3.44. The van der Waals surface area contributed by atoms with E-state index in [-0.39, 0.29) is 32.2 Å². The molecule has 0 aliphatic carbocycles. The molecule has 0 rings (SSSR count). The number of likely N-dealkylation sites (N-methyl/N-ethyl adjacent to an activating group) is 1. The minimum absolute atomic E-state index is 0.148. The smallest absolute Gasteiger partial charge is 0.306 e. The summed E-state index contributed by atoms with van der Waals surface area (Å²) in [5, 5.41) is 11.8. The molecule has 0 bridgehead atoms. The lowest BCUT2D eigenvalue weighted by Gasteiger charge is -2.26. The number of carbonyl (C=O) groups excluding carboxylic acids is 3. The molecule has 81 heavy (non-hydrogen) atoms. The lowest BCUT2D eigenvalue weighted by atomic mass is 10.0. The van der Waals surface area contributed by atoms with Gasteiger partial charge in [-0.3, -0.25) is 9.59 Å². The van der Waals surface area contributed by atoms with Gasteiger partial charge in [-0.1, -0.05) is 327 Å². The minimum Gasteiger partial charge on any atom is -0.545 e. The number of carboxylic acid groups (broad SMARTS) is 1. The molecule has 9 nitrogen and oxygen atoms in total.